The number of amides is 1. The van der Waals surface area contributed by atoms with Crippen molar-refractivity contribution in [2.75, 3.05) is 13.2 Å². The molecule has 1 heterocycles. The van der Waals surface area contributed by atoms with Gasteiger partial charge in [-0.05, 0) is 31.6 Å². The summed E-state index contributed by atoms with van der Waals surface area (Å²) in [6.45, 7) is 4.08. The van der Waals surface area contributed by atoms with E-state index >= 15 is 0 Å². The number of carbonyl (C=O) groups excluding carboxylic acids is 2. The summed E-state index contributed by atoms with van der Waals surface area (Å²) >= 11 is 0. The van der Waals surface area contributed by atoms with E-state index in [0.717, 1.165) is 12.2 Å². The highest BCUT2D eigenvalue weighted by molar-refractivity contribution is 5.88. The zero-order valence-corrected chi connectivity index (χ0v) is 10.6. The van der Waals surface area contributed by atoms with E-state index in [9.17, 15) is 9.59 Å². The average molecular weight is 251 g/mol. The van der Waals surface area contributed by atoms with Crippen LogP contribution < -0.4 is 5.32 Å². The van der Waals surface area contributed by atoms with Gasteiger partial charge in [0, 0.05) is 12.6 Å². The summed E-state index contributed by atoms with van der Waals surface area (Å²) in [5.74, 6) is 0.463. The number of ether oxygens (including phenoxy) is 1. The van der Waals surface area contributed by atoms with Gasteiger partial charge in [0.15, 0.2) is 6.61 Å². The molecule has 1 N–H and O–H groups in total. The van der Waals surface area contributed by atoms with Gasteiger partial charge in [-0.1, -0.05) is 6.92 Å². The molecule has 0 aromatic carbocycles. The molecule has 1 aromatic rings. The van der Waals surface area contributed by atoms with Crippen molar-refractivity contribution < 1.29 is 18.7 Å². The Kier molecular flexibility index (Phi) is 5.70. The third kappa shape index (κ3) is 5.34. The van der Waals surface area contributed by atoms with Crippen LogP contribution in [0.1, 0.15) is 24.9 Å². The smallest absolute Gasteiger partial charge is 0.331 e. The van der Waals surface area contributed by atoms with Gasteiger partial charge in [-0.25, -0.2) is 4.79 Å². The van der Waals surface area contributed by atoms with E-state index in [0.29, 0.717) is 12.3 Å². The lowest BCUT2D eigenvalue weighted by atomic mass is 10.4. The van der Waals surface area contributed by atoms with Crippen LogP contribution in [0, 0.1) is 6.92 Å². The Balaban J connectivity index is 2.29. The third-order valence-corrected chi connectivity index (χ3v) is 2.06. The normalized spacial score (nSPS) is 10.6. The van der Waals surface area contributed by atoms with E-state index in [1.165, 1.54) is 12.2 Å². The number of rotatable bonds is 6. The van der Waals surface area contributed by atoms with E-state index in [-0.39, 0.29) is 12.5 Å². The molecule has 0 aliphatic rings. The highest BCUT2D eigenvalue weighted by Gasteiger charge is 2.04. The SMILES string of the molecule is CCCNC(=O)COC(=O)/C=C/c1ccc(C)o1. The van der Waals surface area contributed by atoms with E-state index in [4.69, 9.17) is 9.15 Å². The molecule has 1 rings (SSSR count). The second-order valence-corrected chi connectivity index (χ2v) is 3.74. The molecule has 98 valence electrons. The van der Waals surface area contributed by atoms with E-state index in [1.807, 2.05) is 13.8 Å². The summed E-state index contributed by atoms with van der Waals surface area (Å²) in [5.41, 5.74) is 0. The molecule has 0 bridgehead atoms. The largest absolute Gasteiger partial charge is 0.462 e. The summed E-state index contributed by atoms with van der Waals surface area (Å²) in [5, 5.41) is 2.61. The molecule has 0 saturated carbocycles. The van der Waals surface area contributed by atoms with Crippen LogP contribution in [-0.4, -0.2) is 25.0 Å². The molecule has 0 unspecified atom stereocenters. The monoisotopic (exact) mass is 251 g/mol. The standard InChI is InChI=1S/C13H17NO4/c1-3-8-14-12(15)9-17-13(16)7-6-11-5-4-10(2)18-11/h4-7H,3,8-9H2,1-2H3,(H,14,15)/b7-6+. The summed E-state index contributed by atoms with van der Waals surface area (Å²) in [6.07, 6.45) is 3.57. The maximum absolute atomic E-state index is 11.3. The lowest BCUT2D eigenvalue weighted by molar-refractivity contribution is -0.143. The Morgan fingerprint density at radius 1 is 1.44 bits per heavy atom. The minimum absolute atomic E-state index is 0.264. The molecule has 0 fully saturated rings. The van der Waals surface area contributed by atoms with Crippen molar-refractivity contribution in [1.29, 1.82) is 0 Å². The van der Waals surface area contributed by atoms with Gasteiger partial charge in [-0.3, -0.25) is 4.79 Å². The fourth-order valence-electron chi connectivity index (χ4n) is 1.19. The summed E-state index contributed by atoms with van der Waals surface area (Å²) in [7, 11) is 0. The van der Waals surface area contributed by atoms with Crippen LogP contribution >= 0.6 is 0 Å². The number of esters is 1. The maximum atomic E-state index is 11.3. The fraction of sp³-hybridized carbons (Fsp3) is 0.385. The highest BCUT2D eigenvalue weighted by atomic mass is 16.5. The number of hydrogen-bond donors (Lipinski definition) is 1. The fourth-order valence-corrected chi connectivity index (χ4v) is 1.19. The van der Waals surface area contributed by atoms with Gasteiger partial charge in [0.05, 0.1) is 0 Å². The van der Waals surface area contributed by atoms with Crippen molar-refractivity contribution >= 4 is 18.0 Å². The predicted octanol–water partition coefficient (Wildman–Crippen LogP) is 1.67. The first-order valence-electron chi connectivity index (χ1n) is 5.79. The Labute approximate surface area is 106 Å². The van der Waals surface area contributed by atoms with Crippen molar-refractivity contribution in [3.63, 3.8) is 0 Å². The van der Waals surface area contributed by atoms with E-state index in [1.54, 1.807) is 12.1 Å². The van der Waals surface area contributed by atoms with Crippen LogP contribution in [0.2, 0.25) is 0 Å². The van der Waals surface area contributed by atoms with Crippen LogP contribution in [0.4, 0.5) is 0 Å². The lowest BCUT2D eigenvalue weighted by Crippen LogP contribution is -2.28. The summed E-state index contributed by atoms with van der Waals surface area (Å²) in [4.78, 5) is 22.4. The molecule has 5 nitrogen and oxygen atoms in total. The zero-order chi connectivity index (χ0) is 13.4. The van der Waals surface area contributed by atoms with E-state index in [2.05, 4.69) is 5.32 Å². The van der Waals surface area contributed by atoms with Crippen molar-refractivity contribution in [3.8, 4) is 0 Å². The van der Waals surface area contributed by atoms with Gasteiger partial charge in [0.1, 0.15) is 11.5 Å². The Morgan fingerprint density at radius 2 is 2.22 bits per heavy atom. The Bertz CT molecular complexity index is 434. The van der Waals surface area contributed by atoms with Crippen molar-refractivity contribution in [2.45, 2.75) is 20.3 Å². The van der Waals surface area contributed by atoms with Crippen LogP contribution in [0.3, 0.4) is 0 Å². The molecule has 1 amide bonds. The first-order chi connectivity index (χ1) is 8.61. The predicted molar refractivity (Wildman–Crippen MR) is 66.7 cm³/mol. The molecule has 5 heteroatoms. The Hall–Kier alpha value is -2.04. The second kappa shape index (κ2) is 7.32. The molecule has 0 aliphatic carbocycles. The van der Waals surface area contributed by atoms with Crippen LogP contribution in [0.15, 0.2) is 22.6 Å². The van der Waals surface area contributed by atoms with Gasteiger partial charge < -0.3 is 14.5 Å². The maximum Gasteiger partial charge on any atom is 0.331 e. The molecule has 18 heavy (non-hydrogen) atoms. The van der Waals surface area contributed by atoms with E-state index < -0.39 is 5.97 Å². The van der Waals surface area contributed by atoms with Crippen molar-refractivity contribution in [2.24, 2.45) is 0 Å². The molecule has 0 atom stereocenters. The molecule has 0 aliphatic heterocycles. The third-order valence-electron chi connectivity index (χ3n) is 2.06. The topological polar surface area (TPSA) is 68.5 Å². The minimum atomic E-state index is -0.573. The molecule has 1 aromatic heterocycles. The number of furan rings is 1. The highest BCUT2D eigenvalue weighted by Crippen LogP contribution is 2.07. The van der Waals surface area contributed by atoms with Gasteiger partial charge in [0.2, 0.25) is 0 Å². The minimum Gasteiger partial charge on any atom is -0.462 e. The quantitative estimate of drug-likeness (QED) is 0.617. The summed E-state index contributed by atoms with van der Waals surface area (Å²) < 4.78 is 9.99. The van der Waals surface area contributed by atoms with Crippen molar-refractivity contribution in [3.05, 3.63) is 29.7 Å². The van der Waals surface area contributed by atoms with Gasteiger partial charge in [-0.15, -0.1) is 0 Å². The molecule has 0 saturated heterocycles. The number of hydrogen-bond acceptors (Lipinski definition) is 4. The molecule has 0 spiro atoms. The number of carbonyl (C=O) groups is 2. The molecular formula is C13H17NO4. The average Bonchev–Trinajstić information content (AvgIpc) is 2.77. The number of nitrogens with one attached hydrogen (secondary N) is 1. The zero-order valence-electron chi connectivity index (χ0n) is 10.6. The lowest BCUT2D eigenvalue weighted by Gasteiger charge is -2.02. The first kappa shape index (κ1) is 14.0. The van der Waals surface area contributed by atoms with Crippen LogP contribution in [0.25, 0.3) is 6.08 Å². The van der Waals surface area contributed by atoms with Crippen LogP contribution in [-0.2, 0) is 14.3 Å². The number of aryl methyl sites for hydroxylation is 1. The van der Waals surface area contributed by atoms with Crippen molar-refractivity contribution in [1.82, 2.24) is 5.32 Å². The van der Waals surface area contributed by atoms with Gasteiger partial charge in [-0.2, -0.15) is 0 Å². The first-order valence-corrected chi connectivity index (χ1v) is 5.79. The molecule has 0 radical (unpaired) electrons. The summed E-state index contributed by atoms with van der Waals surface area (Å²) in [6, 6.07) is 3.54. The Morgan fingerprint density at radius 3 is 2.83 bits per heavy atom. The van der Waals surface area contributed by atoms with Crippen LogP contribution in [0.5, 0.6) is 0 Å². The molecular weight excluding hydrogens is 234 g/mol. The second-order valence-electron chi connectivity index (χ2n) is 3.74. The van der Waals surface area contributed by atoms with Gasteiger partial charge >= 0.3 is 5.97 Å². The van der Waals surface area contributed by atoms with Gasteiger partial charge in [0.25, 0.3) is 5.91 Å².